The fraction of sp³-hybridized carbons (Fsp3) is 0.511. The maximum Gasteiger partial charge on any atom is 0.246 e. The summed E-state index contributed by atoms with van der Waals surface area (Å²) >= 11 is 0.781. The van der Waals surface area contributed by atoms with Crippen LogP contribution >= 0.6 is 11.8 Å². The molecule has 132 heavy (non-hydrogen) atoms. The van der Waals surface area contributed by atoms with Gasteiger partial charge in [-0.05, 0) is 92.8 Å². The molecule has 16 atom stereocenters. The summed E-state index contributed by atoms with van der Waals surface area (Å²) in [5.74, 6) is -20.1. The number of likely N-dealkylation sites (N-methyl/N-ethyl adjacent to an activating group) is 3. The second-order valence-electron chi connectivity index (χ2n) is 33.9. The van der Waals surface area contributed by atoms with Gasteiger partial charge in [-0.3, -0.25) is 86.3 Å². The largest absolute Gasteiger partial charge is 0.508 e. The Morgan fingerprint density at radius 2 is 1.16 bits per heavy atom. The molecule has 9 rings (SSSR count). The third kappa shape index (κ3) is 27.1. The van der Waals surface area contributed by atoms with Crippen LogP contribution < -0.4 is 70.4 Å². The molecule has 18 amide bonds. The van der Waals surface area contributed by atoms with Crippen LogP contribution in [0.2, 0.25) is 0 Å². The number of unbranched alkanes of at least 4 members (excludes halogenated alkanes) is 1. The summed E-state index contributed by atoms with van der Waals surface area (Å²) in [5.41, 5.74) is 19.6. The highest BCUT2D eigenvalue weighted by Gasteiger charge is 2.47. The van der Waals surface area contributed by atoms with Gasteiger partial charge in [-0.2, -0.15) is 0 Å². The Hall–Kier alpha value is -13.5. The summed E-state index contributed by atoms with van der Waals surface area (Å²) in [6.45, 7) is 6.93. The van der Waals surface area contributed by atoms with Crippen molar-refractivity contribution in [2.45, 2.75) is 222 Å². The number of nitrogens with one attached hydrogen (secondary N) is 13. The monoisotopic (exact) mass is 1850 g/mol. The lowest BCUT2D eigenvalue weighted by Crippen LogP contribution is -2.62. The summed E-state index contributed by atoms with van der Waals surface area (Å²) < 4.78 is 0. The molecule has 3 aromatic carbocycles. The number of aromatic nitrogens is 4. The number of carbonyl (C=O) groups is 18. The van der Waals surface area contributed by atoms with Crippen molar-refractivity contribution < 1.29 is 102 Å². The van der Waals surface area contributed by atoms with Crippen LogP contribution in [0.3, 0.4) is 0 Å². The molecule has 0 saturated carbocycles. The lowest BCUT2D eigenvalue weighted by Gasteiger charge is -2.34. The molecule has 0 bridgehead atoms. The van der Waals surface area contributed by atoms with Crippen LogP contribution in [-0.4, -0.2) is 316 Å². The predicted molar refractivity (Wildman–Crippen MR) is 480 cm³/mol. The molecule has 6 heterocycles. The van der Waals surface area contributed by atoms with E-state index in [0.717, 1.165) is 36.3 Å². The van der Waals surface area contributed by atoms with E-state index in [1.807, 2.05) is 0 Å². The lowest BCUT2D eigenvalue weighted by molar-refractivity contribution is -0.148. The van der Waals surface area contributed by atoms with E-state index >= 15 is 33.6 Å². The number of phenols is 1. The van der Waals surface area contributed by atoms with E-state index in [1.54, 1.807) is 88.6 Å². The molecule has 0 radical (unpaired) electrons. The number of imidazole rings is 1. The van der Waals surface area contributed by atoms with Crippen LogP contribution in [0.4, 0.5) is 0 Å². The number of aromatic hydroxyl groups is 1. The number of hydrogen-bond donors (Lipinski definition) is 19. The Morgan fingerprint density at radius 3 is 1.81 bits per heavy atom. The second kappa shape index (κ2) is 47.3. The molecule has 6 aromatic rings. The van der Waals surface area contributed by atoms with Gasteiger partial charge in [-0.15, -0.1) is 11.8 Å². The van der Waals surface area contributed by atoms with Crippen molar-refractivity contribution in [1.29, 1.82) is 0 Å². The zero-order valence-electron chi connectivity index (χ0n) is 75.0. The first-order valence-corrected chi connectivity index (χ1v) is 44.8. The molecule has 44 heteroatoms. The minimum atomic E-state index is -1.92. The van der Waals surface area contributed by atoms with E-state index < -0.39 is 266 Å². The molecule has 0 spiro atoms. The highest BCUT2D eigenvalue weighted by Crippen LogP contribution is 2.31. The molecular formula is C88H120N22O21S. The van der Waals surface area contributed by atoms with Gasteiger partial charge in [0.15, 0.2) is 0 Å². The molecular weight excluding hydrogens is 1730 g/mol. The van der Waals surface area contributed by atoms with Gasteiger partial charge in [0, 0.05) is 118 Å². The maximum absolute atomic E-state index is 15.3. The number of aromatic amines is 3. The van der Waals surface area contributed by atoms with Crippen molar-refractivity contribution in [1.82, 2.24) is 97.6 Å². The van der Waals surface area contributed by atoms with Crippen LogP contribution in [0.5, 0.6) is 5.75 Å². The van der Waals surface area contributed by atoms with Crippen molar-refractivity contribution in [2.75, 3.05) is 58.9 Å². The Kier molecular flexibility index (Phi) is 36.7. The first-order chi connectivity index (χ1) is 62.7. The standard InChI is InChI=1S/C88H120N22O21S/c1-10-11-21-67-80(123)102-64(35-71(90)115)88(131)109-29-16-22-68(109)81(124)100-61(33-51-37-92-44-96-51)78(121)98-59(27-28-70(89)114)87(130)110-40-53(113)34-69(110)82(125)105-74(46(4)56-38-94-58-20-15-13-18-55(56)58)83(126)103-65(41-111)79(122)101-63(32-50-36-93-57-19-14-12-17-54(50)57)85(128)107(8)48(6)84(127)106(7)47(5)75(118)99-60(30-45(2)3)77(120)104-66(76(119)95-39-72(91)116)42-132-43-73(117)97-62(86(129)108(67)9)31-49-23-25-52(112)26-24-49/h12-15,17-20,23-26,36-38,44-48,53,59-69,74,93-94,111-113H,10-11,16,21-22,27-35,39-43H2,1-9H3,(H2,89,114)(H2,90,115)(H2,91,116)(H,92,96)(H,95,119)(H,97,117)(H,98,121)(H,99,118)(H,100,124)(H,101,122)(H,102,123)(H,103,126)(H,104,120)(H,105,125)/t46-,47-,48-,53+,59-,60-,61-,62-,63-,64-,65-,66-,67-,68-,69-,74-/m0/s1. The quantitative estimate of drug-likeness (QED) is 0.0313. The van der Waals surface area contributed by atoms with Gasteiger partial charge in [0.05, 0.1) is 43.5 Å². The van der Waals surface area contributed by atoms with Crippen molar-refractivity contribution in [3.05, 3.63) is 120 Å². The van der Waals surface area contributed by atoms with E-state index in [0.29, 0.717) is 44.9 Å². The number of hydrogen-bond acceptors (Lipinski definition) is 23. The number of para-hydroxylation sites is 2. The second-order valence-corrected chi connectivity index (χ2v) is 35.0. The SMILES string of the molecule is CCCC[C@H]1C(=O)N[C@@H](CC(N)=O)C(=O)N2CCC[C@H]2C(=O)N[C@@H](Cc2c[nH]cn2)C(=O)N[C@@H](CCC(N)=O)C(=O)N2C[C@H](O)C[C@H]2C(=O)N[C@@H]([C@@H](C)c2c[nH]c3ccccc23)C(=O)N[C@@H](CO)C(=O)N[C@@H](Cc2c[nH]c3ccccc23)C(=O)N(C)[C@@H](C)C(=O)N(C)[C@@H](C)C(=O)N[C@@H](CC(C)C)C(=O)N[C@H](C(=O)NCC(N)=O)CSCC(=O)N[C@@H](Cc2ccc(O)cc2)C(=O)N1C. The third-order valence-corrected chi connectivity index (χ3v) is 24.9. The van der Waals surface area contributed by atoms with Gasteiger partial charge in [0.1, 0.15) is 90.3 Å². The molecule has 3 saturated heterocycles. The highest BCUT2D eigenvalue weighted by molar-refractivity contribution is 8.00. The van der Waals surface area contributed by atoms with Crippen LogP contribution in [0, 0.1) is 5.92 Å². The summed E-state index contributed by atoms with van der Waals surface area (Å²) in [5, 5.41) is 60.1. The fourth-order valence-corrected chi connectivity index (χ4v) is 17.1. The summed E-state index contributed by atoms with van der Waals surface area (Å²) in [6.07, 6.45) is 1.69. The number of fused-ring (bicyclic) bond motifs is 4. The van der Waals surface area contributed by atoms with E-state index in [4.69, 9.17) is 17.2 Å². The minimum Gasteiger partial charge on any atom is -0.508 e. The van der Waals surface area contributed by atoms with Gasteiger partial charge >= 0.3 is 0 Å². The Morgan fingerprint density at radius 1 is 0.568 bits per heavy atom. The van der Waals surface area contributed by atoms with Crippen molar-refractivity contribution >= 4 is 140 Å². The summed E-state index contributed by atoms with van der Waals surface area (Å²) in [4.78, 5) is 280. The van der Waals surface area contributed by atoms with Crippen LogP contribution in [0.15, 0.2) is 97.7 Å². The number of nitrogens with two attached hydrogens (primary N) is 3. The van der Waals surface area contributed by atoms with Crippen LogP contribution in [0.25, 0.3) is 21.8 Å². The van der Waals surface area contributed by atoms with Crippen molar-refractivity contribution in [3.63, 3.8) is 0 Å². The molecule has 3 aromatic heterocycles. The topological polar surface area (TPSA) is 643 Å². The van der Waals surface area contributed by atoms with Gasteiger partial charge in [0.25, 0.3) is 0 Å². The van der Waals surface area contributed by atoms with Gasteiger partial charge in [-0.25, -0.2) is 4.98 Å². The molecule has 0 unspecified atom stereocenters. The fourth-order valence-electron chi connectivity index (χ4n) is 16.2. The number of carbonyl (C=O) groups excluding carboxylic acids is 18. The highest BCUT2D eigenvalue weighted by atomic mass is 32.2. The average molecular weight is 1850 g/mol. The molecule has 3 fully saturated rings. The Balaban J connectivity index is 1.09. The molecule has 22 N–H and O–H groups in total. The zero-order valence-corrected chi connectivity index (χ0v) is 75.8. The number of H-pyrrole nitrogens is 3. The van der Waals surface area contributed by atoms with E-state index in [9.17, 15) is 68.1 Å². The smallest absolute Gasteiger partial charge is 0.246 e. The number of amides is 18. The van der Waals surface area contributed by atoms with Gasteiger partial charge in [-0.1, -0.05) is 89.1 Å². The number of phenolic OH excluding ortho intramolecular Hbond substituents is 1. The third-order valence-electron chi connectivity index (χ3n) is 23.8. The molecule has 714 valence electrons. The lowest BCUT2D eigenvalue weighted by atomic mass is 9.91. The number of nitrogens with zero attached hydrogens (tertiary/aromatic N) is 6. The first-order valence-electron chi connectivity index (χ1n) is 43.7. The molecule has 0 aliphatic carbocycles. The minimum absolute atomic E-state index is 0.0611. The normalized spacial score (nSPS) is 25.3. The Bertz CT molecular complexity index is 5180. The van der Waals surface area contributed by atoms with Crippen molar-refractivity contribution in [2.24, 2.45) is 23.1 Å². The molecule has 3 aliphatic rings. The van der Waals surface area contributed by atoms with Crippen LogP contribution in [-0.2, 0) is 106 Å². The number of thioether (sulfide) groups is 1. The first kappa shape index (κ1) is 102. The number of primary amides is 3. The Labute approximate surface area is 765 Å². The zero-order chi connectivity index (χ0) is 96.6. The predicted octanol–water partition coefficient (Wildman–Crippen LogP) is -3.54. The summed E-state index contributed by atoms with van der Waals surface area (Å²) in [7, 11) is 3.79. The van der Waals surface area contributed by atoms with E-state index in [2.05, 4.69) is 73.1 Å². The number of benzene rings is 3. The van der Waals surface area contributed by atoms with Gasteiger partial charge in [0.2, 0.25) is 106 Å². The number of aliphatic hydroxyl groups excluding tert-OH is 2. The van der Waals surface area contributed by atoms with E-state index in [-0.39, 0.29) is 68.9 Å². The van der Waals surface area contributed by atoms with E-state index in [1.165, 1.54) is 71.8 Å². The molecule has 43 nitrogen and oxygen atoms in total. The van der Waals surface area contributed by atoms with Gasteiger partial charge < -0.3 is 125 Å². The van der Waals surface area contributed by atoms with Crippen molar-refractivity contribution in [3.8, 4) is 5.75 Å². The average Bonchev–Trinajstić information content (AvgIpc) is 1.63. The number of aliphatic hydroxyl groups is 2. The summed E-state index contributed by atoms with van der Waals surface area (Å²) in [6, 6.07) is -2.96. The molecule has 3 aliphatic heterocycles. The maximum atomic E-state index is 15.3. The number of rotatable bonds is 22. The van der Waals surface area contributed by atoms with Crippen LogP contribution in [0.1, 0.15) is 134 Å².